The Bertz CT molecular complexity index is 1400. The van der Waals surface area contributed by atoms with Gasteiger partial charge in [0, 0.05) is 24.4 Å². The van der Waals surface area contributed by atoms with Crippen molar-refractivity contribution < 1.29 is 19.8 Å². The highest BCUT2D eigenvalue weighted by Crippen LogP contribution is 2.35. The lowest BCUT2D eigenvalue weighted by Gasteiger charge is -2.40. The minimum absolute atomic E-state index is 0.0295. The summed E-state index contributed by atoms with van der Waals surface area (Å²) in [6.07, 6.45) is 5.22. The summed E-state index contributed by atoms with van der Waals surface area (Å²) < 4.78 is 1.69. The molecule has 1 atom stereocenters. The third-order valence-electron chi connectivity index (χ3n) is 7.18. The molecule has 0 spiro atoms. The van der Waals surface area contributed by atoms with E-state index in [-0.39, 0.29) is 24.2 Å². The van der Waals surface area contributed by atoms with Gasteiger partial charge in [0.1, 0.15) is 12.7 Å². The molecule has 0 fully saturated rings. The first-order chi connectivity index (χ1) is 19.5. The first-order valence-corrected chi connectivity index (χ1v) is 14.1. The predicted octanol–water partition coefficient (Wildman–Crippen LogP) is 6.05. The van der Waals surface area contributed by atoms with Gasteiger partial charge < -0.3 is 15.5 Å². The number of aryl methyl sites for hydroxylation is 1. The molecule has 0 saturated heterocycles. The van der Waals surface area contributed by atoms with Crippen LogP contribution in [0.15, 0.2) is 79.4 Å². The zero-order chi connectivity index (χ0) is 29.9. The molecule has 1 amide bonds. The van der Waals surface area contributed by atoms with Crippen molar-refractivity contribution in [2.45, 2.75) is 71.6 Å². The van der Waals surface area contributed by atoms with Crippen LogP contribution in [0.5, 0.6) is 0 Å². The smallest absolute Gasteiger partial charge is 0.303 e. The van der Waals surface area contributed by atoms with Crippen molar-refractivity contribution >= 4 is 34.2 Å². The summed E-state index contributed by atoms with van der Waals surface area (Å²) in [6.45, 7) is 7.04. The van der Waals surface area contributed by atoms with Gasteiger partial charge in [0.05, 0.1) is 12.1 Å². The Labute approximate surface area is 246 Å². The van der Waals surface area contributed by atoms with Gasteiger partial charge >= 0.3 is 5.97 Å². The fraction of sp³-hybridized carbons (Fsp3) is 0.375. The number of fused-ring (bicyclic) bond motifs is 1. The Hall–Kier alpha value is -3.75. The lowest BCUT2D eigenvalue weighted by molar-refractivity contribution is -0.137. The summed E-state index contributed by atoms with van der Waals surface area (Å²) in [7, 11) is 0. The largest absolute Gasteiger partial charge is 0.481 e. The van der Waals surface area contributed by atoms with Crippen molar-refractivity contribution in [3.63, 3.8) is 0 Å². The van der Waals surface area contributed by atoms with Crippen LogP contribution in [0.3, 0.4) is 0 Å². The van der Waals surface area contributed by atoms with Crippen LogP contribution in [-0.4, -0.2) is 42.5 Å². The quantitative estimate of drug-likeness (QED) is 0.199. The Morgan fingerprint density at radius 2 is 1.68 bits per heavy atom. The molecule has 0 aliphatic heterocycles. The number of rotatable bonds is 11. The molecule has 0 bridgehead atoms. The average molecular weight is 579 g/mol. The molecule has 3 N–H and O–H groups in total. The Morgan fingerprint density at radius 1 is 0.976 bits per heavy atom. The minimum Gasteiger partial charge on any atom is -0.481 e. The van der Waals surface area contributed by atoms with Crippen molar-refractivity contribution in [3.8, 4) is 0 Å². The van der Waals surface area contributed by atoms with Crippen LogP contribution in [0.2, 0.25) is 5.02 Å². The van der Waals surface area contributed by atoms with E-state index in [0.29, 0.717) is 25.9 Å². The molecule has 1 unspecified atom stereocenters. The van der Waals surface area contributed by atoms with E-state index in [2.05, 4.69) is 15.4 Å². The summed E-state index contributed by atoms with van der Waals surface area (Å²) in [5.74, 6) is -0.981. The number of benzene rings is 3. The second-order valence-electron chi connectivity index (χ2n) is 11.2. The molecule has 4 aromatic rings. The third kappa shape index (κ3) is 9.99. The molecule has 4 rings (SSSR count). The number of nitrogens with zero attached hydrogens (tertiary/aromatic N) is 3. The molecular weight excluding hydrogens is 540 g/mol. The molecule has 1 heterocycles. The zero-order valence-corrected chi connectivity index (χ0v) is 24.6. The highest BCUT2D eigenvalue weighted by molar-refractivity contribution is 6.30. The van der Waals surface area contributed by atoms with Crippen LogP contribution in [0.25, 0.3) is 10.8 Å². The number of carboxylic acids is 1. The van der Waals surface area contributed by atoms with Crippen molar-refractivity contribution in [2.24, 2.45) is 5.41 Å². The number of aliphatic carboxylic acids is 1. The summed E-state index contributed by atoms with van der Waals surface area (Å²) in [5, 5.41) is 29.6. The SMILES string of the molecule is CC(C)(C)C(O)(CCc1ccc(Cl)cc1)Cn1cncn1.O=C(O)CCCC(=O)NCc1cccc2ccccc12. The second-order valence-corrected chi connectivity index (χ2v) is 11.6. The molecule has 41 heavy (non-hydrogen) atoms. The third-order valence-corrected chi connectivity index (χ3v) is 7.43. The molecule has 1 aromatic heterocycles. The lowest BCUT2D eigenvalue weighted by Crippen LogP contribution is -2.47. The fourth-order valence-electron chi connectivity index (χ4n) is 4.40. The standard InChI is InChI=1S/C16H22ClN3O.C16H17NO3/c1-15(2,3)16(21,10-20-12-18-11-19-20)9-8-13-4-6-14(17)7-5-13;18-15(9-4-10-16(19)20)17-11-13-7-3-6-12-5-1-2-8-14(12)13/h4-7,11-12,21H,8-10H2,1-3H3;1-3,5-8H,4,9-11H2,(H,17,18)(H,19,20). The van der Waals surface area contributed by atoms with Gasteiger partial charge in [-0.1, -0.05) is 87.0 Å². The van der Waals surface area contributed by atoms with E-state index in [4.69, 9.17) is 16.7 Å². The number of halogens is 1. The number of hydrogen-bond acceptors (Lipinski definition) is 5. The fourth-order valence-corrected chi connectivity index (χ4v) is 4.53. The van der Waals surface area contributed by atoms with E-state index in [9.17, 15) is 14.7 Å². The Kier molecular flexibility index (Phi) is 11.4. The first-order valence-electron chi connectivity index (χ1n) is 13.7. The number of amides is 1. The van der Waals surface area contributed by atoms with Gasteiger partial charge in [-0.15, -0.1) is 0 Å². The number of aromatic nitrogens is 3. The van der Waals surface area contributed by atoms with Crippen LogP contribution in [0.1, 0.15) is 57.6 Å². The average Bonchev–Trinajstić information content (AvgIpc) is 3.44. The van der Waals surface area contributed by atoms with Crippen LogP contribution in [-0.2, 0) is 29.1 Å². The Balaban J connectivity index is 0.000000226. The van der Waals surface area contributed by atoms with Crippen molar-refractivity contribution in [2.75, 3.05) is 0 Å². The van der Waals surface area contributed by atoms with Gasteiger partial charge in [-0.2, -0.15) is 5.10 Å². The van der Waals surface area contributed by atoms with Crippen LogP contribution in [0.4, 0.5) is 0 Å². The number of carbonyl (C=O) groups excluding carboxylic acids is 1. The zero-order valence-electron chi connectivity index (χ0n) is 23.9. The maximum Gasteiger partial charge on any atom is 0.303 e. The van der Waals surface area contributed by atoms with E-state index < -0.39 is 11.6 Å². The van der Waals surface area contributed by atoms with Gasteiger partial charge in [0.25, 0.3) is 0 Å². The molecule has 0 saturated carbocycles. The van der Waals surface area contributed by atoms with Crippen molar-refractivity contribution in [3.05, 3.63) is 95.5 Å². The number of aliphatic hydroxyl groups is 1. The summed E-state index contributed by atoms with van der Waals surface area (Å²) in [6, 6.07) is 21.8. The highest BCUT2D eigenvalue weighted by atomic mass is 35.5. The number of carbonyl (C=O) groups is 2. The molecule has 9 heteroatoms. The maximum atomic E-state index is 11.6. The molecule has 218 valence electrons. The van der Waals surface area contributed by atoms with Gasteiger partial charge in [0.2, 0.25) is 5.91 Å². The monoisotopic (exact) mass is 578 g/mol. The van der Waals surface area contributed by atoms with Gasteiger partial charge in [-0.25, -0.2) is 4.98 Å². The molecule has 0 aliphatic carbocycles. The summed E-state index contributed by atoms with van der Waals surface area (Å²) >= 11 is 5.90. The van der Waals surface area contributed by atoms with Crippen LogP contribution in [0, 0.1) is 5.41 Å². The van der Waals surface area contributed by atoms with Crippen LogP contribution < -0.4 is 5.32 Å². The summed E-state index contributed by atoms with van der Waals surface area (Å²) in [5.41, 5.74) is 1.11. The van der Waals surface area contributed by atoms with E-state index >= 15 is 0 Å². The van der Waals surface area contributed by atoms with Gasteiger partial charge in [-0.05, 0) is 58.7 Å². The van der Waals surface area contributed by atoms with Crippen molar-refractivity contribution in [1.29, 1.82) is 0 Å². The highest BCUT2D eigenvalue weighted by Gasteiger charge is 2.40. The topological polar surface area (TPSA) is 117 Å². The summed E-state index contributed by atoms with van der Waals surface area (Å²) in [4.78, 5) is 25.9. The first kappa shape index (κ1) is 31.8. The van der Waals surface area contributed by atoms with E-state index in [1.807, 2.05) is 87.5 Å². The second kappa shape index (κ2) is 14.8. The van der Waals surface area contributed by atoms with Crippen LogP contribution >= 0.6 is 11.6 Å². The van der Waals surface area contributed by atoms with Gasteiger partial charge in [-0.3, -0.25) is 14.3 Å². The number of carboxylic acid groups (broad SMARTS) is 1. The molecule has 3 aromatic carbocycles. The predicted molar refractivity (Wildman–Crippen MR) is 161 cm³/mol. The molecule has 8 nitrogen and oxygen atoms in total. The molecular formula is C32H39ClN4O4. The van der Waals surface area contributed by atoms with E-state index in [0.717, 1.165) is 27.8 Å². The Morgan fingerprint density at radius 3 is 2.34 bits per heavy atom. The van der Waals surface area contributed by atoms with E-state index in [1.165, 1.54) is 11.9 Å². The number of hydrogen-bond donors (Lipinski definition) is 3. The molecule has 0 radical (unpaired) electrons. The van der Waals surface area contributed by atoms with Gasteiger partial charge in [0.15, 0.2) is 0 Å². The van der Waals surface area contributed by atoms with Crippen molar-refractivity contribution in [1.82, 2.24) is 20.1 Å². The minimum atomic E-state index is -0.869. The molecule has 0 aliphatic rings. The lowest BCUT2D eigenvalue weighted by atomic mass is 9.73. The normalized spacial score (nSPS) is 12.7. The maximum absolute atomic E-state index is 11.6. The van der Waals surface area contributed by atoms with E-state index in [1.54, 1.807) is 11.0 Å². The number of nitrogens with one attached hydrogen (secondary N) is 1.